The number of benzene rings is 2. The summed E-state index contributed by atoms with van der Waals surface area (Å²) in [5, 5.41) is 2.74. The van der Waals surface area contributed by atoms with Crippen molar-refractivity contribution in [1.82, 2.24) is 10.0 Å². The minimum Gasteiger partial charge on any atom is -0.336 e. The largest absolute Gasteiger partial charge is 0.336 e. The van der Waals surface area contributed by atoms with E-state index in [1.807, 2.05) is 0 Å². The molecule has 1 heterocycles. The topological polar surface area (TPSA) is 95.6 Å². The summed E-state index contributed by atoms with van der Waals surface area (Å²) in [4.78, 5) is 24.6. The lowest BCUT2D eigenvalue weighted by Crippen LogP contribution is -2.27. The summed E-state index contributed by atoms with van der Waals surface area (Å²) in [5.41, 5.74) is 1.96. The van der Waals surface area contributed by atoms with E-state index in [4.69, 9.17) is 0 Å². The number of carbonyl (C=O) groups excluding carboxylic acids is 2. The molecule has 7 nitrogen and oxygen atoms in total. The van der Waals surface area contributed by atoms with E-state index < -0.39 is 10.0 Å². The van der Waals surface area contributed by atoms with Crippen LogP contribution in [-0.2, 0) is 10.0 Å². The van der Waals surface area contributed by atoms with Gasteiger partial charge in [-0.25, -0.2) is 13.2 Å². The van der Waals surface area contributed by atoms with E-state index in [1.165, 1.54) is 31.2 Å². The number of Topliss-reactive ketones (excluding diaryl/α,β-unsaturated/α-hetero) is 1. The van der Waals surface area contributed by atoms with Crippen molar-refractivity contribution in [3.8, 4) is 11.8 Å². The number of amides is 2. The van der Waals surface area contributed by atoms with Crippen molar-refractivity contribution in [3.63, 3.8) is 0 Å². The Morgan fingerprint density at radius 3 is 2.39 bits per heavy atom. The first-order valence-electron chi connectivity index (χ1n) is 8.62. The zero-order chi connectivity index (χ0) is 20.1. The van der Waals surface area contributed by atoms with Crippen molar-refractivity contribution < 1.29 is 18.0 Å². The highest BCUT2D eigenvalue weighted by molar-refractivity contribution is 7.89. The van der Waals surface area contributed by atoms with Gasteiger partial charge in [0.2, 0.25) is 10.0 Å². The fraction of sp³-hybridized carbons (Fsp3) is 0.200. The van der Waals surface area contributed by atoms with Gasteiger partial charge in [-0.1, -0.05) is 24.0 Å². The Hall–Kier alpha value is -3.15. The van der Waals surface area contributed by atoms with Crippen molar-refractivity contribution in [2.24, 2.45) is 0 Å². The Labute approximate surface area is 163 Å². The molecule has 1 fully saturated rings. The highest BCUT2D eigenvalue weighted by Gasteiger charge is 2.20. The van der Waals surface area contributed by atoms with Crippen LogP contribution in [-0.4, -0.2) is 39.9 Å². The number of hydrogen-bond acceptors (Lipinski definition) is 4. The van der Waals surface area contributed by atoms with E-state index in [2.05, 4.69) is 21.9 Å². The van der Waals surface area contributed by atoms with Crippen molar-refractivity contribution in [3.05, 3.63) is 59.7 Å². The average Bonchev–Trinajstić information content (AvgIpc) is 3.12. The first kappa shape index (κ1) is 19.6. The molecule has 0 spiro atoms. The van der Waals surface area contributed by atoms with Gasteiger partial charge in [-0.05, 0) is 43.3 Å². The first-order chi connectivity index (χ1) is 13.4. The second-order valence-corrected chi connectivity index (χ2v) is 7.90. The van der Waals surface area contributed by atoms with E-state index in [1.54, 1.807) is 29.2 Å². The van der Waals surface area contributed by atoms with Gasteiger partial charge in [0.1, 0.15) is 0 Å². The number of rotatable bonds is 5. The summed E-state index contributed by atoms with van der Waals surface area (Å²) in [5.74, 6) is 5.52. The normalized spacial score (nSPS) is 13.6. The maximum atomic E-state index is 12.2. The number of ketones is 1. The van der Waals surface area contributed by atoms with E-state index in [0.717, 1.165) is 5.69 Å². The van der Waals surface area contributed by atoms with Gasteiger partial charge < -0.3 is 5.32 Å². The molecule has 3 rings (SSSR count). The molecule has 8 heteroatoms. The van der Waals surface area contributed by atoms with Gasteiger partial charge in [0.15, 0.2) is 5.78 Å². The Morgan fingerprint density at radius 2 is 1.82 bits per heavy atom. The minimum absolute atomic E-state index is 0.0485. The fourth-order valence-electron chi connectivity index (χ4n) is 2.67. The molecule has 0 unspecified atom stereocenters. The van der Waals surface area contributed by atoms with Crippen LogP contribution in [0.2, 0.25) is 0 Å². The lowest BCUT2D eigenvalue weighted by Gasteiger charge is -2.13. The lowest BCUT2D eigenvalue weighted by molar-refractivity contribution is 0.101. The molecule has 1 aliphatic heterocycles. The molecule has 144 valence electrons. The SMILES string of the molecule is CC(=O)c1ccc(S(=O)(=O)NCC#Cc2ccc(N3CCNC3=O)cc2)cc1. The van der Waals surface area contributed by atoms with Crippen molar-refractivity contribution >= 4 is 27.5 Å². The third-order valence-corrected chi connectivity index (χ3v) is 5.61. The molecule has 0 atom stereocenters. The zero-order valence-electron chi connectivity index (χ0n) is 15.2. The standard InChI is InChI=1S/C20H19N3O4S/c1-15(24)17-6-10-19(11-7-17)28(26,27)22-12-2-3-16-4-8-18(9-5-16)23-14-13-21-20(23)25/h4-11,22H,12-14H2,1H3,(H,21,25). The average molecular weight is 397 g/mol. The number of carbonyl (C=O) groups is 2. The van der Waals surface area contributed by atoms with Crippen LogP contribution in [0.15, 0.2) is 53.4 Å². The van der Waals surface area contributed by atoms with Gasteiger partial charge in [0.05, 0.1) is 11.4 Å². The number of nitrogens with one attached hydrogen (secondary N) is 2. The van der Waals surface area contributed by atoms with E-state index in [-0.39, 0.29) is 23.3 Å². The Bertz CT molecular complexity index is 1050. The molecule has 1 aliphatic rings. The number of anilines is 1. The van der Waals surface area contributed by atoms with Crippen molar-refractivity contribution in [2.75, 3.05) is 24.5 Å². The van der Waals surface area contributed by atoms with Crippen LogP contribution in [0.25, 0.3) is 0 Å². The summed E-state index contributed by atoms with van der Waals surface area (Å²) in [6.07, 6.45) is 0. The lowest BCUT2D eigenvalue weighted by atomic mass is 10.2. The second-order valence-electron chi connectivity index (χ2n) is 6.14. The Balaban J connectivity index is 1.59. The van der Waals surface area contributed by atoms with Crippen LogP contribution in [0.4, 0.5) is 10.5 Å². The molecule has 0 saturated carbocycles. The summed E-state index contributed by atoms with van der Waals surface area (Å²) in [7, 11) is -3.70. The molecule has 28 heavy (non-hydrogen) atoms. The van der Waals surface area contributed by atoms with Crippen LogP contribution in [0, 0.1) is 11.8 Å². The molecule has 2 amide bonds. The summed E-state index contributed by atoms with van der Waals surface area (Å²) in [6.45, 7) is 2.62. The van der Waals surface area contributed by atoms with Crippen LogP contribution >= 0.6 is 0 Å². The maximum absolute atomic E-state index is 12.2. The highest BCUT2D eigenvalue weighted by atomic mass is 32.2. The van der Waals surface area contributed by atoms with Crippen LogP contribution < -0.4 is 14.9 Å². The molecule has 1 saturated heterocycles. The molecule has 2 aromatic rings. The van der Waals surface area contributed by atoms with Gasteiger partial charge in [0.25, 0.3) is 0 Å². The van der Waals surface area contributed by atoms with Crippen LogP contribution in [0.5, 0.6) is 0 Å². The molecule has 2 N–H and O–H groups in total. The Kier molecular flexibility index (Phi) is 5.78. The summed E-state index contributed by atoms with van der Waals surface area (Å²) < 4.78 is 26.9. The van der Waals surface area contributed by atoms with Gasteiger partial charge in [0, 0.05) is 29.9 Å². The number of nitrogens with zero attached hydrogens (tertiary/aromatic N) is 1. The third kappa shape index (κ3) is 4.57. The summed E-state index contributed by atoms with van der Waals surface area (Å²) >= 11 is 0. The minimum atomic E-state index is -3.70. The van der Waals surface area contributed by atoms with Crippen LogP contribution in [0.3, 0.4) is 0 Å². The molecular weight excluding hydrogens is 378 g/mol. The first-order valence-corrected chi connectivity index (χ1v) is 10.1. The predicted molar refractivity (Wildman–Crippen MR) is 106 cm³/mol. The van der Waals surface area contributed by atoms with Gasteiger partial charge in [-0.2, -0.15) is 4.72 Å². The monoisotopic (exact) mass is 397 g/mol. The second kappa shape index (κ2) is 8.25. The van der Waals surface area contributed by atoms with E-state index in [0.29, 0.717) is 24.2 Å². The van der Waals surface area contributed by atoms with Gasteiger partial charge in [-0.3, -0.25) is 9.69 Å². The summed E-state index contributed by atoms with van der Waals surface area (Å²) in [6, 6.07) is 12.8. The highest BCUT2D eigenvalue weighted by Crippen LogP contribution is 2.16. The van der Waals surface area contributed by atoms with Gasteiger partial charge in [-0.15, -0.1) is 0 Å². The van der Waals surface area contributed by atoms with Crippen molar-refractivity contribution in [2.45, 2.75) is 11.8 Å². The van der Waals surface area contributed by atoms with Gasteiger partial charge >= 0.3 is 6.03 Å². The predicted octanol–water partition coefficient (Wildman–Crippen LogP) is 1.75. The molecule has 0 radical (unpaired) electrons. The van der Waals surface area contributed by atoms with E-state index in [9.17, 15) is 18.0 Å². The van der Waals surface area contributed by atoms with E-state index >= 15 is 0 Å². The zero-order valence-corrected chi connectivity index (χ0v) is 16.0. The number of sulfonamides is 1. The molecule has 0 aromatic heterocycles. The number of hydrogen-bond donors (Lipinski definition) is 2. The molecule has 0 aliphatic carbocycles. The van der Waals surface area contributed by atoms with Crippen LogP contribution in [0.1, 0.15) is 22.8 Å². The molecular formula is C20H19N3O4S. The fourth-order valence-corrected chi connectivity index (χ4v) is 3.60. The van der Waals surface area contributed by atoms with Crippen molar-refractivity contribution in [1.29, 1.82) is 0 Å². The number of urea groups is 1. The Morgan fingerprint density at radius 1 is 1.14 bits per heavy atom. The third-order valence-electron chi connectivity index (χ3n) is 4.19. The smallest absolute Gasteiger partial charge is 0.321 e. The quantitative estimate of drug-likeness (QED) is 0.594. The molecule has 0 bridgehead atoms. The maximum Gasteiger partial charge on any atom is 0.321 e. The molecule has 2 aromatic carbocycles.